The topological polar surface area (TPSA) is 96.0 Å². The number of aryl methyl sites for hydroxylation is 1. The van der Waals surface area contributed by atoms with E-state index in [0.29, 0.717) is 18.0 Å². The zero-order valence-electron chi connectivity index (χ0n) is 25.2. The quantitative estimate of drug-likeness (QED) is 0.237. The van der Waals surface area contributed by atoms with Crippen molar-refractivity contribution >= 4 is 39.3 Å². The van der Waals surface area contributed by atoms with Gasteiger partial charge in [-0.3, -0.25) is 13.9 Å². The summed E-state index contributed by atoms with van der Waals surface area (Å²) in [6.45, 7) is 9.49. The summed E-state index contributed by atoms with van der Waals surface area (Å²) in [6.07, 6.45) is 2.65. The van der Waals surface area contributed by atoms with Gasteiger partial charge in [0.1, 0.15) is 18.3 Å². The maximum Gasteiger partial charge on any atom is 0.264 e. The molecule has 226 valence electrons. The summed E-state index contributed by atoms with van der Waals surface area (Å²) in [6, 6.07) is 19.9. The number of carbonyl (C=O) groups is 2. The minimum atomic E-state index is -4.14. The Balaban J connectivity index is 2.03. The van der Waals surface area contributed by atoms with Crippen LogP contribution in [0.5, 0.6) is 5.75 Å². The third-order valence-corrected chi connectivity index (χ3v) is 9.54. The Morgan fingerprint density at radius 1 is 0.929 bits per heavy atom. The highest BCUT2D eigenvalue weighted by atomic mass is 32.2. The van der Waals surface area contributed by atoms with Gasteiger partial charge in [-0.2, -0.15) is 0 Å². The lowest BCUT2D eigenvalue weighted by Gasteiger charge is -2.32. The lowest BCUT2D eigenvalue weighted by Crippen LogP contribution is -2.52. The summed E-state index contributed by atoms with van der Waals surface area (Å²) >= 11 is 1.51. The Bertz CT molecular complexity index is 1430. The first-order valence-corrected chi connectivity index (χ1v) is 16.7. The number of carbonyl (C=O) groups excluding carboxylic acids is 2. The second kappa shape index (κ2) is 15.1. The minimum absolute atomic E-state index is 0.0645. The van der Waals surface area contributed by atoms with E-state index in [9.17, 15) is 18.0 Å². The molecule has 2 amide bonds. The third-order valence-electron chi connectivity index (χ3n) is 7.00. The van der Waals surface area contributed by atoms with E-state index in [4.69, 9.17) is 4.74 Å². The highest BCUT2D eigenvalue weighted by molar-refractivity contribution is 7.98. The molecule has 0 radical (unpaired) electrons. The summed E-state index contributed by atoms with van der Waals surface area (Å²) in [4.78, 5) is 29.7. The number of hydrogen-bond acceptors (Lipinski definition) is 6. The van der Waals surface area contributed by atoms with Crippen molar-refractivity contribution in [3.63, 3.8) is 0 Å². The fraction of sp³-hybridized carbons (Fsp3) is 0.375. The predicted molar refractivity (Wildman–Crippen MR) is 169 cm³/mol. The van der Waals surface area contributed by atoms with Crippen LogP contribution in [0.25, 0.3) is 0 Å². The van der Waals surface area contributed by atoms with Crippen LogP contribution in [0.15, 0.2) is 82.6 Å². The molecule has 8 nitrogen and oxygen atoms in total. The monoisotopic (exact) mass is 611 g/mol. The van der Waals surface area contributed by atoms with Gasteiger partial charge >= 0.3 is 0 Å². The van der Waals surface area contributed by atoms with Crippen LogP contribution in [0, 0.1) is 6.92 Å². The fourth-order valence-electron chi connectivity index (χ4n) is 4.22. The van der Waals surface area contributed by atoms with Gasteiger partial charge < -0.3 is 15.0 Å². The van der Waals surface area contributed by atoms with Crippen LogP contribution in [0.1, 0.15) is 45.2 Å². The van der Waals surface area contributed by atoms with Gasteiger partial charge in [0.2, 0.25) is 11.8 Å². The SMILES string of the molecule is CCOc1ccc(N(CC(=O)N(Cc2ccc(C)cc2)C(C)C(=O)NC(C)CC)S(=O)(=O)c2ccc(SC)cc2)cc1. The number of benzene rings is 3. The summed E-state index contributed by atoms with van der Waals surface area (Å²) < 4.78 is 34.7. The molecule has 2 unspecified atom stereocenters. The number of hydrogen-bond donors (Lipinski definition) is 1. The minimum Gasteiger partial charge on any atom is -0.494 e. The molecule has 0 aliphatic rings. The first kappa shape index (κ1) is 33.0. The molecular weight excluding hydrogens is 571 g/mol. The Morgan fingerprint density at radius 2 is 1.55 bits per heavy atom. The zero-order valence-corrected chi connectivity index (χ0v) is 26.8. The molecule has 3 aromatic carbocycles. The Morgan fingerprint density at radius 3 is 2.10 bits per heavy atom. The van der Waals surface area contributed by atoms with Gasteiger partial charge in [0.25, 0.3) is 10.0 Å². The van der Waals surface area contributed by atoms with Crippen LogP contribution >= 0.6 is 11.8 Å². The van der Waals surface area contributed by atoms with Crippen molar-refractivity contribution in [2.24, 2.45) is 0 Å². The van der Waals surface area contributed by atoms with Crippen LogP contribution < -0.4 is 14.4 Å². The molecule has 0 spiro atoms. The van der Waals surface area contributed by atoms with Gasteiger partial charge in [0.15, 0.2) is 0 Å². The van der Waals surface area contributed by atoms with Crippen molar-refractivity contribution in [1.29, 1.82) is 0 Å². The normalized spacial score (nSPS) is 12.7. The molecule has 1 N–H and O–H groups in total. The molecule has 42 heavy (non-hydrogen) atoms. The van der Waals surface area contributed by atoms with Crippen molar-refractivity contribution in [3.05, 3.63) is 83.9 Å². The molecule has 3 rings (SSSR count). The van der Waals surface area contributed by atoms with E-state index in [1.54, 1.807) is 55.5 Å². The molecule has 0 fully saturated rings. The van der Waals surface area contributed by atoms with E-state index < -0.39 is 28.5 Å². The van der Waals surface area contributed by atoms with Crippen LogP contribution in [-0.4, -0.2) is 56.6 Å². The standard InChI is InChI=1S/C32H41N3O5S2/c1-7-24(4)33-32(37)25(5)34(21-26-11-9-23(3)10-12-26)31(36)22-35(27-13-15-28(16-14-27)40-8-2)42(38,39)30-19-17-29(41-6)18-20-30/h9-20,24-25H,7-8,21-22H2,1-6H3,(H,33,37). The highest BCUT2D eigenvalue weighted by Gasteiger charge is 2.32. The molecule has 0 heterocycles. The maximum atomic E-state index is 14.1. The van der Waals surface area contributed by atoms with Crippen molar-refractivity contribution in [2.45, 2.75) is 69.5 Å². The summed E-state index contributed by atoms with van der Waals surface area (Å²) in [5.74, 6) is -0.209. The van der Waals surface area contributed by atoms with Crippen LogP contribution in [0.3, 0.4) is 0 Å². The van der Waals surface area contributed by atoms with E-state index in [-0.39, 0.29) is 23.4 Å². The lowest BCUT2D eigenvalue weighted by molar-refractivity contribution is -0.139. The molecule has 3 aromatic rings. The van der Waals surface area contributed by atoms with Crippen molar-refractivity contribution in [3.8, 4) is 5.75 Å². The Hall–Kier alpha value is -3.50. The zero-order chi connectivity index (χ0) is 30.9. The highest BCUT2D eigenvalue weighted by Crippen LogP contribution is 2.28. The summed E-state index contributed by atoms with van der Waals surface area (Å²) in [5.41, 5.74) is 2.22. The largest absolute Gasteiger partial charge is 0.494 e. The molecular formula is C32H41N3O5S2. The molecule has 0 aliphatic heterocycles. The van der Waals surface area contributed by atoms with Crippen LogP contribution in [-0.2, 0) is 26.2 Å². The third kappa shape index (κ3) is 8.51. The summed E-state index contributed by atoms with van der Waals surface area (Å²) in [5, 5.41) is 2.95. The van der Waals surface area contributed by atoms with Gasteiger partial charge in [-0.1, -0.05) is 36.8 Å². The average Bonchev–Trinajstić information content (AvgIpc) is 2.99. The number of anilines is 1. The van der Waals surface area contributed by atoms with E-state index in [2.05, 4.69) is 5.32 Å². The maximum absolute atomic E-state index is 14.1. The lowest BCUT2D eigenvalue weighted by atomic mass is 10.1. The molecule has 0 saturated heterocycles. The van der Waals surface area contributed by atoms with E-state index in [0.717, 1.165) is 26.7 Å². The molecule has 0 bridgehead atoms. The number of rotatable bonds is 14. The number of ether oxygens (including phenoxy) is 1. The first-order valence-electron chi connectivity index (χ1n) is 14.0. The Labute approximate surface area is 254 Å². The van der Waals surface area contributed by atoms with Crippen LogP contribution in [0.4, 0.5) is 5.69 Å². The number of thioether (sulfide) groups is 1. The second-order valence-corrected chi connectivity index (χ2v) is 12.9. The van der Waals surface area contributed by atoms with E-state index in [1.807, 2.05) is 58.2 Å². The summed E-state index contributed by atoms with van der Waals surface area (Å²) in [7, 11) is -4.14. The number of nitrogens with zero attached hydrogens (tertiary/aromatic N) is 2. The van der Waals surface area contributed by atoms with Gasteiger partial charge in [-0.15, -0.1) is 11.8 Å². The molecule has 0 saturated carbocycles. The number of amides is 2. The van der Waals surface area contributed by atoms with Crippen molar-refractivity contribution in [2.75, 3.05) is 23.7 Å². The van der Waals surface area contributed by atoms with Gasteiger partial charge in [-0.05, 0) is 94.5 Å². The number of sulfonamides is 1. The molecule has 0 aliphatic carbocycles. The average molecular weight is 612 g/mol. The van der Waals surface area contributed by atoms with E-state index >= 15 is 0 Å². The number of nitrogens with one attached hydrogen (secondary N) is 1. The fourth-order valence-corrected chi connectivity index (χ4v) is 6.04. The van der Waals surface area contributed by atoms with Gasteiger partial charge in [0, 0.05) is 17.5 Å². The van der Waals surface area contributed by atoms with E-state index in [1.165, 1.54) is 16.7 Å². The molecule has 2 atom stereocenters. The van der Waals surface area contributed by atoms with Crippen LogP contribution in [0.2, 0.25) is 0 Å². The van der Waals surface area contributed by atoms with Gasteiger partial charge in [0.05, 0.1) is 17.2 Å². The van der Waals surface area contributed by atoms with Crippen molar-refractivity contribution in [1.82, 2.24) is 10.2 Å². The first-order chi connectivity index (χ1) is 20.0. The molecule has 0 aromatic heterocycles. The van der Waals surface area contributed by atoms with Gasteiger partial charge in [-0.25, -0.2) is 8.42 Å². The smallest absolute Gasteiger partial charge is 0.264 e. The predicted octanol–water partition coefficient (Wildman–Crippen LogP) is 5.64. The molecule has 10 heteroatoms. The Kier molecular flexibility index (Phi) is 11.9. The van der Waals surface area contributed by atoms with Crippen molar-refractivity contribution < 1.29 is 22.7 Å². The second-order valence-electron chi connectivity index (χ2n) is 10.1.